The number of hydrogen-bond acceptors (Lipinski definition) is 5. The first-order valence-corrected chi connectivity index (χ1v) is 8.39. The third-order valence-corrected chi connectivity index (χ3v) is 4.83. The van der Waals surface area contributed by atoms with Crippen molar-refractivity contribution in [3.8, 4) is 0 Å². The third-order valence-electron chi connectivity index (χ3n) is 4.83. The quantitative estimate of drug-likeness (QED) is 0.728. The summed E-state index contributed by atoms with van der Waals surface area (Å²) in [5.74, 6) is 0.300. The highest BCUT2D eigenvalue weighted by molar-refractivity contribution is 6.39. The first kappa shape index (κ1) is 19.5. The number of hydrogen-bond donors (Lipinski definition) is 2. The van der Waals surface area contributed by atoms with Gasteiger partial charge in [0, 0.05) is 13.0 Å². The molecule has 6 radical (unpaired) electrons. The molecule has 1 aliphatic rings. The Bertz CT molecular complexity index is 529. The Kier molecular flexibility index (Phi) is 6.56. The minimum atomic E-state index is -1.10. The number of aromatic nitrogens is 3. The van der Waals surface area contributed by atoms with Crippen LogP contribution in [0.5, 0.6) is 0 Å². The first-order chi connectivity index (χ1) is 11.2. The fourth-order valence-electron chi connectivity index (χ4n) is 2.68. The summed E-state index contributed by atoms with van der Waals surface area (Å²) in [7, 11) is 17.2. The molecule has 6 nitrogen and oxygen atoms in total. The minimum absolute atomic E-state index is 0.169. The standard InChI is InChI=1S/C15H24B3N3O3/c1-7(2)8(3)5-21-6-9(19-20-21)14-13(23)10(22)4-11(24-14)12(16)15(17)18/h6-8,10-15,22-23H,4-5H2,1-3H3. The van der Waals surface area contributed by atoms with Crippen LogP contribution in [0.25, 0.3) is 0 Å². The Morgan fingerprint density at radius 2 is 1.96 bits per heavy atom. The highest BCUT2D eigenvalue weighted by Gasteiger charge is 2.41. The van der Waals surface area contributed by atoms with Crippen LogP contribution in [0.15, 0.2) is 6.20 Å². The van der Waals surface area contributed by atoms with Crippen LogP contribution in [-0.4, -0.2) is 67.1 Å². The lowest BCUT2D eigenvalue weighted by molar-refractivity contribution is -0.172. The van der Waals surface area contributed by atoms with E-state index in [1.807, 2.05) is 0 Å². The summed E-state index contributed by atoms with van der Waals surface area (Å²) in [5.41, 5.74) is -0.319. The van der Waals surface area contributed by atoms with Gasteiger partial charge in [-0.2, -0.15) is 0 Å². The van der Waals surface area contributed by atoms with E-state index in [1.54, 1.807) is 10.9 Å². The highest BCUT2D eigenvalue weighted by Crippen LogP contribution is 2.37. The Balaban J connectivity index is 2.12. The molecule has 2 heterocycles. The van der Waals surface area contributed by atoms with Gasteiger partial charge in [0.05, 0.1) is 41.9 Å². The maximum Gasteiger partial charge on any atom is 0.132 e. The van der Waals surface area contributed by atoms with Crippen LogP contribution in [0.3, 0.4) is 0 Å². The molecular weight excluding hydrogens is 303 g/mol. The first-order valence-electron chi connectivity index (χ1n) is 8.39. The van der Waals surface area contributed by atoms with Crippen molar-refractivity contribution in [3.63, 3.8) is 0 Å². The maximum absolute atomic E-state index is 10.3. The van der Waals surface area contributed by atoms with Gasteiger partial charge in [-0.1, -0.05) is 31.8 Å². The number of aliphatic hydroxyl groups excluding tert-OH is 2. The van der Waals surface area contributed by atoms with Crippen LogP contribution in [-0.2, 0) is 11.3 Å². The Morgan fingerprint density at radius 1 is 1.29 bits per heavy atom. The smallest absolute Gasteiger partial charge is 0.132 e. The second kappa shape index (κ2) is 8.06. The van der Waals surface area contributed by atoms with E-state index in [0.717, 1.165) is 0 Å². The molecule has 2 rings (SSSR count). The molecule has 6 unspecified atom stereocenters. The number of nitrogens with zero attached hydrogens (tertiary/aromatic N) is 3. The summed E-state index contributed by atoms with van der Waals surface area (Å²) in [6, 6.07) is 0. The van der Waals surface area contributed by atoms with Crippen molar-refractivity contribution in [2.45, 2.75) is 69.7 Å². The molecule has 1 aliphatic heterocycles. The van der Waals surface area contributed by atoms with Crippen LogP contribution in [0.2, 0.25) is 11.5 Å². The Hall–Kier alpha value is -0.785. The molecule has 9 heteroatoms. The number of aliphatic hydroxyl groups is 2. The van der Waals surface area contributed by atoms with E-state index in [-0.39, 0.29) is 6.42 Å². The fraction of sp³-hybridized carbons (Fsp3) is 0.867. The largest absolute Gasteiger partial charge is 0.390 e. The minimum Gasteiger partial charge on any atom is -0.390 e. The van der Waals surface area contributed by atoms with Crippen molar-refractivity contribution in [1.82, 2.24) is 15.0 Å². The van der Waals surface area contributed by atoms with Crippen molar-refractivity contribution >= 4 is 23.5 Å². The molecule has 126 valence electrons. The van der Waals surface area contributed by atoms with E-state index in [4.69, 9.17) is 28.3 Å². The van der Waals surface area contributed by atoms with E-state index >= 15 is 0 Å². The molecule has 0 saturated carbocycles. The second-order valence-electron chi connectivity index (χ2n) is 7.13. The van der Waals surface area contributed by atoms with Gasteiger partial charge in [-0.05, 0) is 11.8 Å². The maximum atomic E-state index is 10.3. The van der Waals surface area contributed by atoms with E-state index in [2.05, 4.69) is 31.1 Å². The normalized spacial score (nSPS) is 30.6. The predicted octanol–water partition coefficient (Wildman–Crippen LogP) is 0.162. The summed E-state index contributed by atoms with van der Waals surface area (Å²) in [6.07, 6.45) is -1.56. The molecule has 1 aromatic heterocycles. The summed E-state index contributed by atoms with van der Waals surface area (Å²) < 4.78 is 7.56. The van der Waals surface area contributed by atoms with Crippen molar-refractivity contribution in [3.05, 3.63) is 11.9 Å². The van der Waals surface area contributed by atoms with Gasteiger partial charge in [-0.3, -0.25) is 4.68 Å². The molecule has 0 aromatic carbocycles. The van der Waals surface area contributed by atoms with Gasteiger partial charge in [0.15, 0.2) is 0 Å². The van der Waals surface area contributed by atoms with Gasteiger partial charge >= 0.3 is 0 Å². The van der Waals surface area contributed by atoms with E-state index in [1.165, 1.54) is 0 Å². The molecule has 0 aliphatic carbocycles. The van der Waals surface area contributed by atoms with Crippen LogP contribution < -0.4 is 0 Å². The molecule has 2 N–H and O–H groups in total. The van der Waals surface area contributed by atoms with E-state index in [9.17, 15) is 10.2 Å². The monoisotopic (exact) mass is 327 g/mol. The Morgan fingerprint density at radius 3 is 2.54 bits per heavy atom. The Labute approximate surface area is 147 Å². The molecule has 0 spiro atoms. The second-order valence-corrected chi connectivity index (χ2v) is 7.13. The van der Waals surface area contributed by atoms with Crippen LogP contribution in [0, 0.1) is 11.8 Å². The van der Waals surface area contributed by atoms with Gasteiger partial charge < -0.3 is 14.9 Å². The summed E-state index contributed by atoms with van der Waals surface area (Å²) in [5, 5.41) is 28.5. The summed E-state index contributed by atoms with van der Waals surface area (Å²) in [6.45, 7) is 7.15. The molecular formula is C15H24B3N3O3. The van der Waals surface area contributed by atoms with Crippen molar-refractivity contribution in [1.29, 1.82) is 0 Å². The van der Waals surface area contributed by atoms with Gasteiger partial charge in [0.25, 0.3) is 0 Å². The molecule has 0 bridgehead atoms. The topological polar surface area (TPSA) is 80.4 Å². The lowest BCUT2D eigenvalue weighted by Gasteiger charge is -2.40. The van der Waals surface area contributed by atoms with Gasteiger partial charge in [-0.15, -0.1) is 10.8 Å². The molecule has 1 saturated heterocycles. The summed E-state index contributed by atoms with van der Waals surface area (Å²) in [4.78, 5) is 0. The lowest BCUT2D eigenvalue weighted by atomic mass is 9.54. The zero-order valence-electron chi connectivity index (χ0n) is 14.5. The predicted molar refractivity (Wildman–Crippen MR) is 93.0 cm³/mol. The lowest BCUT2D eigenvalue weighted by Crippen LogP contribution is -2.45. The van der Waals surface area contributed by atoms with Gasteiger partial charge in [0.1, 0.15) is 17.9 Å². The van der Waals surface area contributed by atoms with Crippen molar-refractivity contribution < 1.29 is 14.9 Å². The van der Waals surface area contributed by atoms with Crippen molar-refractivity contribution in [2.24, 2.45) is 11.8 Å². The average Bonchev–Trinajstić information content (AvgIpc) is 2.97. The molecule has 6 atom stereocenters. The van der Waals surface area contributed by atoms with Crippen LogP contribution in [0.4, 0.5) is 0 Å². The van der Waals surface area contributed by atoms with Crippen LogP contribution >= 0.6 is 0 Å². The molecule has 1 aromatic rings. The van der Waals surface area contributed by atoms with E-state index in [0.29, 0.717) is 24.1 Å². The highest BCUT2D eigenvalue weighted by atomic mass is 16.5. The number of rotatable bonds is 6. The van der Waals surface area contributed by atoms with Gasteiger partial charge in [0.2, 0.25) is 0 Å². The fourth-order valence-corrected chi connectivity index (χ4v) is 2.68. The SMILES string of the molecule is [B]C([B])C([B])C1CC(O)C(O)C(c2cn(CC(C)C(C)C)nn2)O1. The zero-order valence-corrected chi connectivity index (χ0v) is 14.5. The summed E-state index contributed by atoms with van der Waals surface area (Å²) >= 11 is 0. The average molecular weight is 327 g/mol. The van der Waals surface area contributed by atoms with E-state index < -0.39 is 35.9 Å². The zero-order chi connectivity index (χ0) is 18.0. The molecule has 1 fully saturated rings. The van der Waals surface area contributed by atoms with Gasteiger partial charge in [-0.25, -0.2) is 0 Å². The number of ether oxygens (including phenoxy) is 1. The molecule has 0 amide bonds. The van der Waals surface area contributed by atoms with Crippen LogP contribution in [0.1, 0.15) is 39.0 Å². The molecule has 24 heavy (non-hydrogen) atoms. The van der Waals surface area contributed by atoms with Crippen molar-refractivity contribution in [2.75, 3.05) is 0 Å². The third kappa shape index (κ3) is 4.43.